The van der Waals surface area contributed by atoms with Crippen molar-refractivity contribution in [2.45, 2.75) is 19.9 Å². The van der Waals surface area contributed by atoms with E-state index >= 15 is 0 Å². The fraction of sp³-hybridized carbons (Fsp3) is 0.312. The van der Waals surface area contributed by atoms with Crippen molar-refractivity contribution in [3.63, 3.8) is 0 Å². The van der Waals surface area contributed by atoms with Crippen LogP contribution in [-0.2, 0) is 16.1 Å². The van der Waals surface area contributed by atoms with Crippen molar-refractivity contribution in [3.05, 3.63) is 46.2 Å². The zero-order valence-electron chi connectivity index (χ0n) is 12.6. The number of aryl methyl sites for hydroxylation is 1. The van der Waals surface area contributed by atoms with Gasteiger partial charge in [-0.15, -0.1) is 11.3 Å². The largest absolute Gasteiger partial charge is 0.349 e. The molecule has 3 rings (SSSR count). The van der Waals surface area contributed by atoms with Crippen molar-refractivity contribution in [2.75, 3.05) is 11.4 Å². The van der Waals surface area contributed by atoms with E-state index in [9.17, 15) is 14.0 Å². The van der Waals surface area contributed by atoms with Crippen LogP contribution >= 0.6 is 11.3 Å². The molecule has 1 saturated heterocycles. The van der Waals surface area contributed by atoms with E-state index in [2.05, 4.69) is 10.3 Å². The van der Waals surface area contributed by atoms with Gasteiger partial charge in [0.1, 0.15) is 10.8 Å². The average molecular weight is 333 g/mol. The van der Waals surface area contributed by atoms with Gasteiger partial charge in [-0.25, -0.2) is 9.37 Å². The van der Waals surface area contributed by atoms with Crippen LogP contribution in [0.2, 0.25) is 0 Å². The number of rotatable bonds is 4. The van der Waals surface area contributed by atoms with E-state index < -0.39 is 11.7 Å². The maximum Gasteiger partial charge on any atom is 0.227 e. The molecule has 120 valence electrons. The predicted molar refractivity (Wildman–Crippen MR) is 85.6 cm³/mol. The van der Waals surface area contributed by atoms with E-state index in [0.717, 1.165) is 10.7 Å². The van der Waals surface area contributed by atoms with Gasteiger partial charge in [-0.05, 0) is 19.1 Å². The monoisotopic (exact) mass is 333 g/mol. The van der Waals surface area contributed by atoms with Gasteiger partial charge in [-0.1, -0.05) is 12.1 Å². The van der Waals surface area contributed by atoms with Gasteiger partial charge in [0.15, 0.2) is 0 Å². The molecule has 1 fully saturated rings. The Morgan fingerprint density at radius 3 is 2.96 bits per heavy atom. The van der Waals surface area contributed by atoms with Gasteiger partial charge in [0.2, 0.25) is 11.8 Å². The molecule has 2 heterocycles. The van der Waals surface area contributed by atoms with Crippen LogP contribution in [0.15, 0.2) is 29.6 Å². The maximum atomic E-state index is 13.8. The molecule has 2 amide bonds. The molecule has 1 N–H and O–H groups in total. The summed E-state index contributed by atoms with van der Waals surface area (Å²) in [7, 11) is 0. The van der Waals surface area contributed by atoms with Crippen molar-refractivity contribution in [1.82, 2.24) is 10.3 Å². The molecule has 1 aromatic heterocycles. The van der Waals surface area contributed by atoms with Gasteiger partial charge in [-0.2, -0.15) is 0 Å². The molecule has 7 heteroatoms. The van der Waals surface area contributed by atoms with Crippen LogP contribution in [0.5, 0.6) is 0 Å². The molecule has 0 saturated carbocycles. The van der Waals surface area contributed by atoms with Crippen LogP contribution in [0, 0.1) is 18.7 Å². The molecular formula is C16H16FN3O2S. The Labute approximate surface area is 137 Å². The highest BCUT2D eigenvalue weighted by Gasteiger charge is 2.36. The fourth-order valence-corrected chi connectivity index (χ4v) is 3.29. The summed E-state index contributed by atoms with van der Waals surface area (Å²) >= 11 is 1.48. The van der Waals surface area contributed by atoms with Crippen LogP contribution in [0.4, 0.5) is 10.1 Å². The molecule has 0 aliphatic carbocycles. The molecule has 1 atom stereocenters. The van der Waals surface area contributed by atoms with Crippen molar-refractivity contribution in [1.29, 1.82) is 0 Å². The molecule has 5 nitrogen and oxygen atoms in total. The highest BCUT2D eigenvalue weighted by Crippen LogP contribution is 2.27. The smallest absolute Gasteiger partial charge is 0.227 e. The summed E-state index contributed by atoms with van der Waals surface area (Å²) in [6, 6.07) is 6.09. The van der Waals surface area contributed by atoms with Crippen molar-refractivity contribution < 1.29 is 14.0 Å². The van der Waals surface area contributed by atoms with Gasteiger partial charge >= 0.3 is 0 Å². The first-order chi connectivity index (χ1) is 11.0. The third-order valence-electron chi connectivity index (χ3n) is 3.72. The topological polar surface area (TPSA) is 62.3 Å². The molecule has 0 bridgehead atoms. The van der Waals surface area contributed by atoms with E-state index in [1.807, 2.05) is 12.3 Å². The molecule has 2 aromatic rings. The molecule has 1 aliphatic heterocycles. The van der Waals surface area contributed by atoms with Crippen molar-refractivity contribution in [3.8, 4) is 0 Å². The summed E-state index contributed by atoms with van der Waals surface area (Å²) in [6.45, 7) is 2.44. The second-order valence-corrected chi connectivity index (χ2v) is 6.40. The standard InChI is InChI=1S/C16H16FN3O2S/c1-10-9-23-14(19-10)7-18-16(22)11-6-15(21)20(8-11)13-5-3-2-4-12(13)17/h2-5,9,11H,6-8H2,1H3,(H,18,22)/t11-/m1/s1. The summed E-state index contributed by atoms with van der Waals surface area (Å²) in [4.78, 5) is 29.9. The van der Waals surface area contributed by atoms with Crippen LogP contribution in [0.3, 0.4) is 0 Å². The quantitative estimate of drug-likeness (QED) is 0.933. The lowest BCUT2D eigenvalue weighted by atomic mass is 10.1. The Morgan fingerprint density at radius 1 is 1.48 bits per heavy atom. The highest BCUT2D eigenvalue weighted by atomic mass is 32.1. The second kappa shape index (κ2) is 6.45. The van der Waals surface area contributed by atoms with Crippen LogP contribution in [0.1, 0.15) is 17.1 Å². The van der Waals surface area contributed by atoms with Gasteiger partial charge < -0.3 is 10.2 Å². The summed E-state index contributed by atoms with van der Waals surface area (Å²) in [5.41, 5.74) is 1.14. The fourth-order valence-electron chi connectivity index (χ4n) is 2.58. The van der Waals surface area contributed by atoms with Crippen molar-refractivity contribution >= 4 is 28.8 Å². The van der Waals surface area contributed by atoms with E-state index in [1.54, 1.807) is 18.2 Å². The third-order valence-corrected chi connectivity index (χ3v) is 4.69. The van der Waals surface area contributed by atoms with Crippen LogP contribution in [-0.4, -0.2) is 23.3 Å². The summed E-state index contributed by atoms with van der Waals surface area (Å²) in [5.74, 6) is -1.37. The lowest BCUT2D eigenvalue weighted by molar-refractivity contribution is -0.126. The zero-order chi connectivity index (χ0) is 16.4. The number of amides is 2. The number of anilines is 1. The summed E-state index contributed by atoms with van der Waals surface area (Å²) in [5, 5.41) is 5.54. The number of halogens is 1. The number of hydrogen-bond acceptors (Lipinski definition) is 4. The Morgan fingerprint density at radius 2 is 2.26 bits per heavy atom. The predicted octanol–water partition coefficient (Wildman–Crippen LogP) is 2.26. The summed E-state index contributed by atoms with van der Waals surface area (Å²) in [6.07, 6.45) is 0.0943. The average Bonchev–Trinajstić information content (AvgIpc) is 3.11. The molecule has 0 spiro atoms. The number of benzene rings is 1. The van der Waals surface area contributed by atoms with E-state index in [4.69, 9.17) is 0 Å². The van der Waals surface area contributed by atoms with Gasteiger partial charge in [0.25, 0.3) is 0 Å². The zero-order valence-corrected chi connectivity index (χ0v) is 13.4. The Bertz CT molecular complexity index is 746. The number of para-hydroxylation sites is 1. The first-order valence-corrected chi connectivity index (χ1v) is 8.16. The minimum atomic E-state index is -0.469. The molecule has 1 aliphatic rings. The number of hydrogen-bond donors (Lipinski definition) is 1. The molecule has 1 aromatic carbocycles. The number of nitrogens with one attached hydrogen (secondary N) is 1. The summed E-state index contributed by atoms with van der Waals surface area (Å²) < 4.78 is 13.8. The van der Waals surface area contributed by atoms with Crippen molar-refractivity contribution in [2.24, 2.45) is 5.92 Å². The lowest BCUT2D eigenvalue weighted by Crippen LogP contribution is -2.32. The van der Waals surface area contributed by atoms with E-state index in [0.29, 0.717) is 6.54 Å². The Kier molecular flexibility index (Phi) is 4.38. The molecule has 0 unspecified atom stereocenters. The minimum Gasteiger partial charge on any atom is -0.349 e. The van der Waals surface area contributed by atoms with Crippen LogP contribution in [0.25, 0.3) is 0 Å². The maximum absolute atomic E-state index is 13.8. The number of carbonyl (C=O) groups is 2. The minimum absolute atomic E-state index is 0.0943. The number of aromatic nitrogens is 1. The first kappa shape index (κ1) is 15.6. The second-order valence-electron chi connectivity index (χ2n) is 5.46. The van der Waals surface area contributed by atoms with E-state index in [1.165, 1.54) is 22.3 Å². The van der Waals surface area contributed by atoms with Crippen LogP contribution < -0.4 is 10.2 Å². The molecule has 23 heavy (non-hydrogen) atoms. The van der Waals surface area contributed by atoms with E-state index in [-0.39, 0.29) is 30.5 Å². The highest BCUT2D eigenvalue weighted by molar-refractivity contribution is 7.09. The van der Waals surface area contributed by atoms with Gasteiger partial charge in [-0.3, -0.25) is 9.59 Å². The van der Waals surface area contributed by atoms with Gasteiger partial charge in [0, 0.05) is 24.0 Å². The number of carbonyl (C=O) groups excluding carboxylic acids is 2. The molecule has 0 radical (unpaired) electrons. The lowest BCUT2D eigenvalue weighted by Gasteiger charge is -2.17. The molecular weight excluding hydrogens is 317 g/mol. The van der Waals surface area contributed by atoms with Gasteiger partial charge in [0.05, 0.1) is 18.2 Å². The first-order valence-electron chi connectivity index (χ1n) is 7.28. The number of nitrogens with zero attached hydrogens (tertiary/aromatic N) is 2. The SMILES string of the molecule is Cc1csc(CNC(=O)[C@@H]2CC(=O)N(c3ccccc3F)C2)n1. The Balaban J connectivity index is 1.63. The third kappa shape index (κ3) is 3.39. The Hall–Kier alpha value is -2.28. The number of thiazole rings is 1. The normalized spacial score (nSPS) is 17.6.